The first-order valence-electron chi connectivity index (χ1n) is 6.27. The van der Waals surface area contributed by atoms with E-state index in [4.69, 9.17) is 14.6 Å². The summed E-state index contributed by atoms with van der Waals surface area (Å²) < 4.78 is 10.8. The molecule has 0 saturated carbocycles. The molecule has 0 amide bonds. The number of hydrogen-bond donors (Lipinski definition) is 2. The molecular formula is C13H24O4. The second kappa shape index (κ2) is 7.11. The van der Waals surface area contributed by atoms with E-state index >= 15 is 0 Å². The Morgan fingerprint density at radius 1 is 1.41 bits per heavy atom. The van der Waals surface area contributed by atoms with E-state index in [1.54, 1.807) is 0 Å². The average molecular weight is 244 g/mol. The normalized spacial score (nSPS) is 35.6. The van der Waals surface area contributed by atoms with Crippen molar-refractivity contribution in [1.82, 2.24) is 0 Å². The van der Waals surface area contributed by atoms with Crippen molar-refractivity contribution < 1.29 is 19.7 Å². The zero-order chi connectivity index (χ0) is 12.8. The van der Waals surface area contributed by atoms with E-state index in [1.165, 1.54) is 7.11 Å². The SMILES string of the molecule is CCC=CC(C)CC1OC(CO)C(OC)C1O. The first-order valence-corrected chi connectivity index (χ1v) is 6.27. The van der Waals surface area contributed by atoms with Crippen LogP contribution in [0.3, 0.4) is 0 Å². The minimum absolute atomic E-state index is 0.120. The molecule has 0 spiro atoms. The molecule has 4 nitrogen and oxygen atoms in total. The van der Waals surface area contributed by atoms with Gasteiger partial charge in [0.05, 0.1) is 12.7 Å². The zero-order valence-electron chi connectivity index (χ0n) is 10.9. The molecule has 17 heavy (non-hydrogen) atoms. The number of allylic oxidation sites excluding steroid dienone is 2. The number of aliphatic hydroxyl groups is 2. The Balaban J connectivity index is 2.52. The van der Waals surface area contributed by atoms with Crippen LogP contribution in [0.1, 0.15) is 26.7 Å². The maximum atomic E-state index is 10.0. The molecular weight excluding hydrogens is 220 g/mol. The maximum Gasteiger partial charge on any atom is 0.114 e. The van der Waals surface area contributed by atoms with Gasteiger partial charge in [0.1, 0.15) is 18.3 Å². The fourth-order valence-electron chi connectivity index (χ4n) is 2.26. The molecule has 5 atom stereocenters. The third-order valence-corrected chi connectivity index (χ3v) is 3.19. The van der Waals surface area contributed by atoms with Crippen molar-refractivity contribution in [2.45, 2.75) is 51.1 Å². The van der Waals surface area contributed by atoms with Crippen molar-refractivity contribution in [3.8, 4) is 0 Å². The molecule has 1 aliphatic heterocycles. The van der Waals surface area contributed by atoms with Gasteiger partial charge in [0.25, 0.3) is 0 Å². The number of aliphatic hydroxyl groups excluding tert-OH is 2. The molecule has 1 heterocycles. The fourth-order valence-corrected chi connectivity index (χ4v) is 2.26. The highest BCUT2D eigenvalue weighted by Gasteiger charge is 2.43. The molecule has 0 aliphatic carbocycles. The van der Waals surface area contributed by atoms with Crippen LogP contribution in [0, 0.1) is 5.92 Å². The molecule has 0 bridgehead atoms. The standard InChI is InChI=1S/C13H24O4/c1-4-5-6-9(2)7-10-12(15)13(16-3)11(8-14)17-10/h5-6,9-15H,4,7-8H2,1-3H3. The minimum atomic E-state index is -0.658. The number of methoxy groups -OCH3 is 1. The lowest BCUT2D eigenvalue weighted by Crippen LogP contribution is -2.36. The summed E-state index contributed by atoms with van der Waals surface area (Å²) >= 11 is 0. The van der Waals surface area contributed by atoms with Crippen molar-refractivity contribution in [2.75, 3.05) is 13.7 Å². The summed E-state index contributed by atoms with van der Waals surface area (Å²) in [7, 11) is 1.53. The van der Waals surface area contributed by atoms with Crippen molar-refractivity contribution in [3.63, 3.8) is 0 Å². The van der Waals surface area contributed by atoms with Gasteiger partial charge in [-0.2, -0.15) is 0 Å². The van der Waals surface area contributed by atoms with Gasteiger partial charge in [-0.25, -0.2) is 0 Å². The highest BCUT2D eigenvalue weighted by Crippen LogP contribution is 2.28. The molecule has 100 valence electrons. The van der Waals surface area contributed by atoms with Crippen LogP contribution in [0.2, 0.25) is 0 Å². The van der Waals surface area contributed by atoms with E-state index in [1.807, 2.05) is 0 Å². The molecule has 2 N–H and O–H groups in total. The van der Waals surface area contributed by atoms with Crippen LogP contribution in [0.4, 0.5) is 0 Å². The minimum Gasteiger partial charge on any atom is -0.394 e. The highest BCUT2D eigenvalue weighted by molar-refractivity contribution is 4.95. The van der Waals surface area contributed by atoms with Crippen molar-refractivity contribution in [2.24, 2.45) is 5.92 Å². The molecule has 0 aromatic carbocycles. The maximum absolute atomic E-state index is 10.0. The summed E-state index contributed by atoms with van der Waals surface area (Å²) in [6.07, 6.45) is 4.25. The van der Waals surface area contributed by atoms with Crippen LogP contribution < -0.4 is 0 Å². The van der Waals surface area contributed by atoms with Crippen LogP contribution in [-0.4, -0.2) is 48.3 Å². The summed E-state index contributed by atoms with van der Waals surface area (Å²) in [5.74, 6) is 0.351. The van der Waals surface area contributed by atoms with E-state index in [-0.39, 0.29) is 12.7 Å². The van der Waals surface area contributed by atoms with Crippen LogP contribution in [-0.2, 0) is 9.47 Å². The van der Waals surface area contributed by atoms with E-state index in [0.717, 1.165) is 12.8 Å². The third-order valence-electron chi connectivity index (χ3n) is 3.19. The topological polar surface area (TPSA) is 58.9 Å². The average Bonchev–Trinajstić information content (AvgIpc) is 2.63. The molecule has 0 aromatic rings. The lowest BCUT2D eigenvalue weighted by molar-refractivity contribution is -0.0377. The molecule has 0 aromatic heterocycles. The van der Waals surface area contributed by atoms with Gasteiger partial charge in [-0.3, -0.25) is 0 Å². The lowest BCUT2D eigenvalue weighted by Gasteiger charge is -2.18. The fraction of sp³-hybridized carbons (Fsp3) is 0.846. The van der Waals surface area contributed by atoms with E-state index in [2.05, 4.69) is 26.0 Å². The summed E-state index contributed by atoms with van der Waals surface area (Å²) in [5, 5.41) is 19.2. The van der Waals surface area contributed by atoms with E-state index in [0.29, 0.717) is 5.92 Å². The van der Waals surface area contributed by atoms with Crippen LogP contribution in [0.5, 0.6) is 0 Å². The van der Waals surface area contributed by atoms with E-state index < -0.39 is 18.3 Å². The molecule has 1 saturated heterocycles. The van der Waals surface area contributed by atoms with Gasteiger partial charge in [-0.1, -0.05) is 26.0 Å². The van der Waals surface area contributed by atoms with Gasteiger partial charge >= 0.3 is 0 Å². The summed E-state index contributed by atoms with van der Waals surface area (Å²) in [6.45, 7) is 4.06. The number of hydrogen-bond acceptors (Lipinski definition) is 4. The van der Waals surface area contributed by atoms with Crippen molar-refractivity contribution in [1.29, 1.82) is 0 Å². The first-order chi connectivity index (χ1) is 8.13. The second-order valence-corrected chi connectivity index (χ2v) is 4.64. The Bertz CT molecular complexity index is 242. The van der Waals surface area contributed by atoms with Crippen molar-refractivity contribution >= 4 is 0 Å². The van der Waals surface area contributed by atoms with Crippen LogP contribution in [0.15, 0.2) is 12.2 Å². The molecule has 1 fully saturated rings. The Labute approximate surface area is 103 Å². The monoisotopic (exact) mass is 244 g/mol. The second-order valence-electron chi connectivity index (χ2n) is 4.64. The third kappa shape index (κ3) is 3.78. The van der Waals surface area contributed by atoms with Crippen molar-refractivity contribution in [3.05, 3.63) is 12.2 Å². The highest BCUT2D eigenvalue weighted by atomic mass is 16.6. The lowest BCUT2D eigenvalue weighted by atomic mass is 9.98. The number of ether oxygens (including phenoxy) is 2. The van der Waals surface area contributed by atoms with Gasteiger partial charge in [0.15, 0.2) is 0 Å². The summed E-state index contributed by atoms with van der Waals surface area (Å²) in [6, 6.07) is 0. The molecule has 1 rings (SSSR count). The largest absolute Gasteiger partial charge is 0.394 e. The summed E-state index contributed by atoms with van der Waals surface area (Å²) in [5.41, 5.74) is 0. The van der Waals surface area contributed by atoms with Gasteiger partial charge in [0.2, 0.25) is 0 Å². The molecule has 1 aliphatic rings. The van der Waals surface area contributed by atoms with Gasteiger partial charge in [0, 0.05) is 7.11 Å². The van der Waals surface area contributed by atoms with Gasteiger partial charge < -0.3 is 19.7 Å². The quantitative estimate of drug-likeness (QED) is 0.687. The van der Waals surface area contributed by atoms with E-state index in [9.17, 15) is 5.11 Å². The Morgan fingerprint density at radius 3 is 2.59 bits per heavy atom. The Hall–Kier alpha value is -0.420. The molecule has 4 heteroatoms. The molecule has 0 radical (unpaired) electrons. The van der Waals surface area contributed by atoms with Crippen LogP contribution >= 0.6 is 0 Å². The molecule has 5 unspecified atom stereocenters. The predicted octanol–water partition coefficient (Wildman–Crippen LogP) is 1.11. The Kier molecular flexibility index (Phi) is 6.12. The first kappa shape index (κ1) is 14.6. The number of rotatable bonds is 6. The zero-order valence-corrected chi connectivity index (χ0v) is 10.9. The summed E-state index contributed by atoms with van der Waals surface area (Å²) in [4.78, 5) is 0. The Morgan fingerprint density at radius 2 is 2.12 bits per heavy atom. The van der Waals surface area contributed by atoms with Gasteiger partial charge in [-0.05, 0) is 18.8 Å². The predicted molar refractivity (Wildman–Crippen MR) is 65.8 cm³/mol. The smallest absolute Gasteiger partial charge is 0.114 e. The van der Waals surface area contributed by atoms with Gasteiger partial charge in [-0.15, -0.1) is 0 Å². The van der Waals surface area contributed by atoms with Crippen LogP contribution in [0.25, 0.3) is 0 Å².